The van der Waals surface area contributed by atoms with Crippen LogP contribution in [0.25, 0.3) is 87.7 Å². The van der Waals surface area contributed by atoms with Crippen LogP contribution in [-0.4, -0.2) is 15.0 Å². The van der Waals surface area contributed by atoms with Gasteiger partial charge in [0.05, 0.1) is 0 Å². The average Bonchev–Trinajstić information content (AvgIpc) is 3.70. The number of nitrogens with zero attached hydrogens (tertiary/aromatic N) is 3. The minimum atomic E-state index is -0.0260. The largest absolute Gasteiger partial charge is 0.208 e. The number of fused-ring (bicyclic) bond motifs is 6. The zero-order valence-corrected chi connectivity index (χ0v) is 29.7. The molecule has 3 nitrogen and oxygen atoms in total. The predicted octanol–water partition coefficient (Wildman–Crippen LogP) is 12.9. The molecular formula is C48H33N3S. The summed E-state index contributed by atoms with van der Waals surface area (Å²) >= 11 is 1.81. The van der Waals surface area contributed by atoms with Gasteiger partial charge in [-0.2, -0.15) is 0 Å². The van der Waals surface area contributed by atoms with E-state index in [1.165, 1.54) is 59.1 Å². The molecule has 52 heavy (non-hydrogen) atoms. The molecule has 246 valence electrons. The third-order valence-electron chi connectivity index (χ3n) is 10.6. The van der Waals surface area contributed by atoms with Gasteiger partial charge in [0.25, 0.3) is 0 Å². The van der Waals surface area contributed by atoms with E-state index in [1.54, 1.807) is 0 Å². The first-order chi connectivity index (χ1) is 25.5. The molecule has 7 aromatic carbocycles. The van der Waals surface area contributed by atoms with Crippen molar-refractivity contribution in [1.29, 1.82) is 0 Å². The van der Waals surface area contributed by atoms with Crippen LogP contribution in [0.2, 0.25) is 0 Å². The summed E-state index contributed by atoms with van der Waals surface area (Å²) in [6, 6.07) is 58.3. The summed E-state index contributed by atoms with van der Waals surface area (Å²) in [4.78, 5) is 15.5. The fraction of sp³-hybridized carbons (Fsp3) is 0.0625. The van der Waals surface area contributed by atoms with Gasteiger partial charge in [-0.3, -0.25) is 0 Å². The smallest absolute Gasteiger partial charge is 0.165 e. The van der Waals surface area contributed by atoms with E-state index in [4.69, 9.17) is 15.0 Å². The Hall–Kier alpha value is -6.23. The Kier molecular flexibility index (Phi) is 7.02. The van der Waals surface area contributed by atoms with Gasteiger partial charge in [0.1, 0.15) is 0 Å². The van der Waals surface area contributed by atoms with Gasteiger partial charge in [0.2, 0.25) is 0 Å². The van der Waals surface area contributed by atoms with Crippen molar-refractivity contribution < 1.29 is 0 Å². The van der Waals surface area contributed by atoms with Crippen LogP contribution in [0.15, 0.2) is 164 Å². The molecule has 0 saturated heterocycles. The van der Waals surface area contributed by atoms with Gasteiger partial charge in [0, 0.05) is 42.3 Å². The minimum Gasteiger partial charge on any atom is -0.208 e. The maximum absolute atomic E-state index is 5.23. The van der Waals surface area contributed by atoms with Gasteiger partial charge in [-0.15, -0.1) is 11.3 Å². The summed E-state index contributed by atoms with van der Waals surface area (Å²) in [5.41, 5.74) is 13.0. The number of hydrogen-bond acceptors (Lipinski definition) is 4. The molecule has 1 aliphatic rings. The zero-order chi connectivity index (χ0) is 34.8. The molecule has 10 rings (SSSR count). The lowest BCUT2D eigenvalue weighted by molar-refractivity contribution is 0.660. The summed E-state index contributed by atoms with van der Waals surface area (Å²) in [5, 5.41) is 2.45. The molecule has 0 unspecified atom stereocenters. The van der Waals surface area contributed by atoms with Gasteiger partial charge in [-0.25, -0.2) is 15.0 Å². The van der Waals surface area contributed by atoms with Crippen molar-refractivity contribution in [2.45, 2.75) is 19.3 Å². The molecule has 0 atom stereocenters. The first kappa shape index (κ1) is 30.6. The highest BCUT2D eigenvalue weighted by Gasteiger charge is 2.35. The first-order valence-electron chi connectivity index (χ1n) is 17.7. The highest BCUT2D eigenvalue weighted by molar-refractivity contribution is 7.26. The van der Waals surface area contributed by atoms with Crippen molar-refractivity contribution in [3.8, 4) is 67.5 Å². The van der Waals surface area contributed by atoms with Gasteiger partial charge in [-0.1, -0.05) is 159 Å². The molecule has 0 radical (unpaired) electrons. The average molecular weight is 684 g/mol. The first-order valence-corrected chi connectivity index (χ1v) is 18.5. The van der Waals surface area contributed by atoms with Crippen molar-refractivity contribution in [2.75, 3.05) is 0 Å². The Balaban J connectivity index is 1.13. The fourth-order valence-electron chi connectivity index (χ4n) is 7.92. The number of rotatable bonds is 5. The highest BCUT2D eigenvalue weighted by atomic mass is 32.1. The Labute approximate surface area is 307 Å². The third kappa shape index (κ3) is 4.90. The summed E-state index contributed by atoms with van der Waals surface area (Å²) in [6.07, 6.45) is 0. The molecule has 1 aliphatic carbocycles. The van der Waals surface area contributed by atoms with Gasteiger partial charge in [0.15, 0.2) is 17.5 Å². The lowest BCUT2D eigenvalue weighted by Crippen LogP contribution is -2.14. The molecule has 0 spiro atoms. The Morgan fingerprint density at radius 2 is 0.885 bits per heavy atom. The van der Waals surface area contributed by atoms with E-state index in [2.05, 4.69) is 159 Å². The van der Waals surface area contributed by atoms with Crippen LogP contribution < -0.4 is 0 Å². The van der Waals surface area contributed by atoms with Crippen molar-refractivity contribution in [3.05, 3.63) is 175 Å². The van der Waals surface area contributed by atoms with Crippen LogP contribution in [0, 0.1) is 0 Å². The zero-order valence-electron chi connectivity index (χ0n) is 28.8. The van der Waals surface area contributed by atoms with Crippen molar-refractivity contribution >= 4 is 31.5 Å². The molecule has 0 fully saturated rings. The Morgan fingerprint density at radius 1 is 0.365 bits per heavy atom. The quantitative estimate of drug-likeness (QED) is 0.181. The Bertz CT molecular complexity index is 2820. The molecule has 0 saturated carbocycles. The van der Waals surface area contributed by atoms with E-state index < -0.39 is 0 Å². The second-order valence-electron chi connectivity index (χ2n) is 14.0. The van der Waals surface area contributed by atoms with Gasteiger partial charge < -0.3 is 0 Å². The van der Waals surface area contributed by atoms with Crippen LogP contribution in [0.5, 0.6) is 0 Å². The monoisotopic (exact) mass is 683 g/mol. The molecule has 0 amide bonds. The summed E-state index contributed by atoms with van der Waals surface area (Å²) in [7, 11) is 0. The SMILES string of the molecule is CC1(C)c2ccccc2-c2cc(-c3cccc(-c4nc(-c5ccccc5)nc(-c5cccc6c5sc5c(-c7ccccc7)cccc56)n4)c3)ccc21. The lowest BCUT2D eigenvalue weighted by atomic mass is 9.82. The lowest BCUT2D eigenvalue weighted by Gasteiger charge is -2.21. The summed E-state index contributed by atoms with van der Waals surface area (Å²) in [5.74, 6) is 1.98. The van der Waals surface area contributed by atoms with Crippen LogP contribution in [0.1, 0.15) is 25.0 Å². The molecule has 9 aromatic rings. The van der Waals surface area contributed by atoms with E-state index in [1.807, 2.05) is 29.5 Å². The molecule has 2 aromatic heterocycles. The number of aromatic nitrogens is 3. The summed E-state index contributed by atoms with van der Waals surface area (Å²) < 4.78 is 2.44. The third-order valence-corrected chi connectivity index (χ3v) is 11.8. The highest BCUT2D eigenvalue weighted by Crippen LogP contribution is 2.49. The van der Waals surface area contributed by atoms with Crippen molar-refractivity contribution in [2.24, 2.45) is 0 Å². The molecule has 4 heteroatoms. The standard InChI is InChI=1S/C48H33N3S/c1-48(2)41-25-10-9-20-36(41)40-29-33(26-27-42(40)48)32-18-11-19-34(28-32)46-49-45(31-16-7-4-8-17-31)50-47(51-46)39-24-13-23-38-37-22-12-21-35(43(37)52-44(38)39)30-14-5-3-6-15-30/h3-29H,1-2H3. The van der Waals surface area contributed by atoms with Gasteiger partial charge in [-0.05, 0) is 62.7 Å². The fourth-order valence-corrected chi connectivity index (χ4v) is 9.27. The van der Waals surface area contributed by atoms with E-state index in [-0.39, 0.29) is 5.41 Å². The normalized spacial score (nSPS) is 13.0. The van der Waals surface area contributed by atoms with Crippen LogP contribution >= 0.6 is 11.3 Å². The van der Waals surface area contributed by atoms with Crippen LogP contribution in [0.3, 0.4) is 0 Å². The molecule has 0 N–H and O–H groups in total. The molecule has 0 aliphatic heterocycles. The second kappa shape index (κ2) is 11.9. The predicted molar refractivity (Wildman–Crippen MR) is 217 cm³/mol. The van der Waals surface area contributed by atoms with E-state index in [0.717, 1.165) is 22.3 Å². The molecular weight excluding hydrogens is 651 g/mol. The maximum atomic E-state index is 5.23. The van der Waals surface area contributed by atoms with Crippen LogP contribution in [0.4, 0.5) is 0 Å². The number of hydrogen-bond donors (Lipinski definition) is 0. The molecule has 0 bridgehead atoms. The van der Waals surface area contributed by atoms with E-state index in [9.17, 15) is 0 Å². The number of benzene rings is 7. The second-order valence-corrected chi connectivity index (χ2v) is 15.0. The summed E-state index contributed by atoms with van der Waals surface area (Å²) in [6.45, 7) is 4.64. The van der Waals surface area contributed by atoms with Crippen molar-refractivity contribution in [3.63, 3.8) is 0 Å². The topological polar surface area (TPSA) is 38.7 Å². The van der Waals surface area contributed by atoms with Crippen molar-refractivity contribution in [1.82, 2.24) is 15.0 Å². The maximum Gasteiger partial charge on any atom is 0.165 e. The number of thiophene rings is 1. The van der Waals surface area contributed by atoms with E-state index >= 15 is 0 Å². The Morgan fingerprint density at radius 3 is 1.65 bits per heavy atom. The van der Waals surface area contributed by atoms with Crippen LogP contribution in [-0.2, 0) is 5.41 Å². The minimum absolute atomic E-state index is 0.0260. The van der Waals surface area contributed by atoms with Gasteiger partial charge >= 0.3 is 0 Å². The molecule has 2 heterocycles. The van der Waals surface area contributed by atoms with E-state index in [0.29, 0.717) is 17.5 Å².